The highest BCUT2D eigenvalue weighted by Crippen LogP contribution is 2.25. The Morgan fingerprint density at radius 1 is 1.24 bits per heavy atom. The third-order valence-corrected chi connectivity index (χ3v) is 4.38. The van der Waals surface area contributed by atoms with E-state index in [1.165, 1.54) is 29.1 Å². The van der Waals surface area contributed by atoms with Crippen molar-refractivity contribution in [2.75, 3.05) is 12.3 Å². The largest absolute Gasteiger partial charge is 0.313 e. The summed E-state index contributed by atoms with van der Waals surface area (Å²) in [5.74, 6) is 2.03. The monoisotopic (exact) mass is 251 g/mol. The second kappa shape index (κ2) is 8.60. The molecule has 0 bridgehead atoms. The predicted octanol–water partition coefficient (Wildman–Crippen LogP) is 4.32. The lowest BCUT2D eigenvalue weighted by Crippen LogP contribution is -2.14. The van der Waals surface area contributed by atoms with E-state index < -0.39 is 0 Å². The van der Waals surface area contributed by atoms with Crippen molar-refractivity contribution in [2.24, 2.45) is 5.92 Å². The van der Waals surface area contributed by atoms with E-state index in [1.54, 1.807) is 0 Å². The molecule has 0 heterocycles. The van der Waals surface area contributed by atoms with Crippen molar-refractivity contribution in [3.8, 4) is 0 Å². The van der Waals surface area contributed by atoms with Gasteiger partial charge in [-0.25, -0.2) is 0 Å². The summed E-state index contributed by atoms with van der Waals surface area (Å²) >= 11 is 2.00. The number of nitrogens with one attached hydrogen (secondary N) is 1. The van der Waals surface area contributed by atoms with Crippen LogP contribution in [0.5, 0.6) is 0 Å². The quantitative estimate of drug-likeness (QED) is 0.545. The first kappa shape index (κ1) is 14.6. The normalized spacial score (nSPS) is 12.6. The van der Waals surface area contributed by atoms with Crippen LogP contribution in [0.4, 0.5) is 0 Å². The van der Waals surface area contributed by atoms with E-state index in [1.807, 2.05) is 11.8 Å². The van der Waals surface area contributed by atoms with Crippen LogP contribution in [0.2, 0.25) is 0 Å². The van der Waals surface area contributed by atoms with Gasteiger partial charge in [0.1, 0.15) is 0 Å². The Bertz CT molecular complexity index is 312. The van der Waals surface area contributed by atoms with Gasteiger partial charge in [0.15, 0.2) is 0 Å². The average molecular weight is 251 g/mol. The van der Waals surface area contributed by atoms with Crippen molar-refractivity contribution in [2.45, 2.75) is 45.1 Å². The van der Waals surface area contributed by atoms with Gasteiger partial charge >= 0.3 is 0 Å². The molecule has 1 unspecified atom stereocenters. The summed E-state index contributed by atoms with van der Waals surface area (Å²) in [4.78, 5) is 1.44. The molecule has 1 rings (SSSR count). The van der Waals surface area contributed by atoms with Crippen molar-refractivity contribution in [3.05, 3.63) is 29.8 Å². The van der Waals surface area contributed by atoms with Gasteiger partial charge < -0.3 is 5.32 Å². The molecule has 1 aromatic rings. The van der Waals surface area contributed by atoms with Crippen molar-refractivity contribution in [3.63, 3.8) is 0 Å². The van der Waals surface area contributed by atoms with Gasteiger partial charge in [0.05, 0.1) is 0 Å². The number of hydrogen-bond acceptors (Lipinski definition) is 2. The van der Waals surface area contributed by atoms with Crippen molar-refractivity contribution in [1.82, 2.24) is 5.32 Å². The van der Waals surface area contributed by atoms with E-state index >= 15 is 0 Å². The topological polar surface area (TPSA) is 12.0 Å². The fourth-order valence-electron chi connectivity index (χ4n) is 1.54. The molecule has 0 aliphatic heterocycles. The summed E-state index contributed by atoms with van der Waals surface area (Å²) in [6.07, 6.45) is 2.46. The molecule has 0 amide bonds. The Labute approximate surface area is 110 Å². The first-order valence-corrected chi connectivity index (χ1v) is 7.67. The van der Waals surface area contributed by atoms with Gasteiger partial charge in [0, 0.05) is 17.2 Å². The fourth-order valence-corrected chi connectivity index (χ4v) is 2.74. The van der Waals surface area contributed by atoms with Crippen molar-refractivity contribution in [1.29, 1.82) is 0 Å². The summed E-state index contributed by atoms with van der Waals surface area (Å²) < 4.78 is 0. The molecule has 1 atom stereocenters. The minimum absolute atomic E-state index is 0.802. The maximum absolute atomic E-state index is 3.48. The highest BCUT2D eigenvalue weighted by atomic mass is 32.2. The standard InChI is InChI=1S/C15H25NS/c1-4-10-16-11-14-8-6-7-9-15(14)17-12-13(3)5-2/h6-9,13,16H,4-5,10-12H2,1-3H3. The van der Waals surface area contributed by atoms with Crippen LogP contribution in [-0.4, -0.2) is 12.3 Å². The zero-order valence-electron chi connectivity index (χ0n) is 11.3. The van der Waals surface area contributed by atoms with Gasteiger partial charge in [-0.2, -0.15) is 0 Å². The van der Waals surface area contributed by atoms with Gasteiger partial charge in [0.25, 0.3) is 0 Å². The maximum atomic E-state index is 3.48. The molecular formula is C15H25NS. The smallest absolute Gasteiger partial charge is 0.0216 e. The van der Waals surface area contributed by atoms with Crippen molar-refractivity contribution >= 4 is 11.8 Å². The molecule has 0 saturated carbocycles. The number of hydrogen-bond donors (Lipinski definition) is 1. The van der Waals surface area contributed by atoms with Gasteiger partial charge in [-0.05, 0) is 30.5 Å². The molecule has 0 aromatic heterocycles. The van der Waals surface area contributed by atoms with Crippen LogP contribution in [0.15, 0.2) is 29.2 Å². The molecule has 2 heteroatoms. The second-order valence-electron chi connectivity index (χ2n) is 4.61. The van der Waals surface area contributed by atoms with Crippen molar-refractivity contribution < 1.29 is 0 Å². The maximum Gasteiger partial charge on any atom is 0.0216 e. The zero-order chi connectivity index (χ0) is 12.5. The molecular weight excluding hydrogens is 226 g/mol. The lowest BCUT2D eigenvalue weighted by Gasteiger charge is -2.12. The summed E-state index contributed by atoms with van der Waals surface area (Å²) in [6.45, 7) is 8.89. The zero-order valence-corrected chi connectivity index (χ0v) is 12.1. The molecule has 17 heavy (non-hydrogen) atoms. The van der Waals surface area contributed by atoms with E-state index in [0.29, 0.717) is 0 Å². The lowest BCUT2D eigenvalue weighted by molar-refractivity contribution is 0.636. The minimum Gasteiger partial charge on any atom is -0.313 e. The van der Waals surface area contributed by atoms with Crippen LogP contribution in [0, 0.1) is 5.92 Å². The van der Waals surface area contributed by atoms with Gasteiger partial charge in [-0.3, -0.25) is 0 Å². The molecule has 0 fully saturated rings. The van der Waals surface area contributed by atoms with Crippen LogP contribution in [0.3, 0.4) is 0 Å². The van der Waals surface area contributed by atoms with Crippen LogP contribution in [0.1, 0.15) is 39.2 Å². The third-order valence-electron chi connectivity index (χ3n) is 2.94. The second-order valence-corrected chi connectivity index (χ2v) is 5.67. The number of rotatable bonds is 8. The third kappa shape index (κ3) is 5.60. The lowest BCUT2D eigenvalue weighted by atomic mass is 10.2. The Morgan fingerprint density at radius 3 is 2.71 bits per heavy atom. The molecule has 96 valence electrons. The van der Waals surface area contributed by atoms with Gasteiger partial charge in [0.2, 0.25) is 0 Å². The first-order valence-electron chi connectivity index (χ1n) is 6.69. The Hall–Kier alpha value is -0.470. The molecule has 0 saturated heterocycles. The van der Waals surface area contributed by atoms with E-state index in [9.17, 15) is 0 Å². The molecule has 1 aromatic carbocycles. The van der Waals surface area contributed by atoms with Crippen LogP contribution in [-0.2, 0) is 6.54 Å². The first-order chi connectivity index (χ1) is 8.27. The van der Waals surface area contributed by atoms with Crippen LogP contribution in [0.25, 0.3) is 0 Å². The molecule has 1 nitrogen and oxygen atoms in total. The Morgan fingerprint density at radius 2 is 2.00 bits per heavy atom. The van der Waals surface area contributed by atoms with Crippen LogP contribution >= 0.6 is 11.8 Å². The minimum atomic E-state index is 0.802. The number of thioether (sulfide) groups is 1. The predicted molar refractivity (Wildman–Crippen MR) is 78.6 cm³/mol. The summed E-state index contributed by atoms with van der Waals surface area (Å²) in [6, 6.07) is 8.76. The highest BCUT2D eigenvalue weighted by Gasteiger charge is 2.04. The highest BCUT2D eigenvalue weighted by molar-refractivity contribution is 7.99. The van der Waals surface area contributed by atoms with Gasteiger partial charge in [-0.1, -0.05) is 45.4 Å². The summed E-state index contributed by atoms with van der Waals surface area (Å²) in [5, 5.41) is 3.48. The van der Waals surface area contributed by atoms with E-state index in [2.05, 4.69) is 50.4 Å². The summed E-state index contributed by atoms with van der Waals surface area (Å²) in [5.41, 5.74) is 1.44. The molecule has 1 N–H and O–H groups in total. The molecule has 0 aliphatic rings. The molecule has 0 aliphatic carbocycles. The number of benzene rings is 1. The molecule has 0 spiro atoms. The molecule has 0 radical (unpaired) electrons. The van der Waals surface area contributed by atoms with E-state index in [-0.39, 0.29) is 0 Å². The SMILES string of the molecule is CCCNCc1ccccc1SCC(C)CC. The fraction of sp³-hybridized carbons (Fsp3) is 0.600. The van der Waals surface area contributed by atoms with Crippen LogP contribution < -0.4 is 5.32 Å². The summed E-state index contributed by atoms with van der Waals surface area (Å²) in [7, 11) is 0. The Kier molecular flexibility index (Phi) is 7.38. The Balaban J connectivity index is 2.51. The average Bonchev–Trinajstić information content (AvgIpc) is 2.37. The van der Waals surface area contributed by atoms with Gasteiger partial charge in [-0.15, -0.1) is 11.8 Å². The van der Waals surface area contributed by atoms with E-state index in [4.69, 9.17) is 0 Å². The van der Waals surface area contributed by atoms with E-state index in [0.717, 1.165) is 19.0 Å².